The number of furan rings is 1. The van der Waals surface area contributed by atoms with Crippen LogP contribution in [0.4, 0.5) is 17.1 Å². The third kappa shape index (κ3) is 5.51. The van der Waals surface area contributed by atoms with Gasteiger partial charge in [0.15, 0.2) is 0 Å². The lowest BCUT2D eigenvalue weighted by Crippen LogP contribution is -2.28. The molecule has 2 heteroatoms. The summed E-state index contributed by atoms with van der Waals surface area (Å²) >= 11 is 0. The summed E-state index contributed by atoms with van der Waals surface area (Å²) in [4.78, 5) is 2.49. The van der Waals surface area contributed by atoms with Crippen molar-refractivity contribution in [2.75, 3.05) is 4.90 Å². The van der Waals surface area contributed by atoms with Crippen LogP contribution in [0.5, 0.6) is 0 Å². The number of para-hydroxylation sites is 2. The molecule has 0 aliphatic heterocycles. The minimum absolute atomic E-state index is 0.0487. The Morgan fingerprint density at radius 3 is 1.75 bits per heavy atom. The van der Waals surface area contributed by atoms with Gasteiger partial charge in [-0.2, -0.15) is 0 Å². The van der Waals surface area contributed by atoms with Crippen LogP contribution in [0.1, 0.15) is 73.6 Å². The summed E-state index contributed by atoms with van der Waals surface area (Å²) < 4.78 is 6.43. The molecule has 0 N–H and O–H groups in total. The minimum Gasteiger partial charge on any atom is -0.456 e. The van der Waals surface area contributed by atoms with E-state index in [0.29, 0.717) is 0 Å². The number of hydrogen-bond donors (Lipinski definition) is 0. The summed E-state index contributed by atoms with van der Waals surface area (Å²) in [5.74, 6) is 0. The molecule has 0 saturated carbocycles. The van der Waals surface area contributed by atoms with Crippen molar-refractivity contribution in [3.05, 3.63) is 245 Å². The molecule has 0 atom stereocenters. The second kappa shape index (κ2) is 14.0. The lowest BCUT2D eigenvalue weighted by molar-refractivity contribution is 0.584. The molecule has 0 fully saturated rings. The Balaban J connectivity index is 1.14. The molecular formula is C62H49NO. The molecule has 1 aromatic heterocycles. The molecule has 0 bridgehead atoms. The van der Waals surface area contributed by atoms with E-state index < -0.39 is 5.41 Å². The zero-order chi connectivity index (χ0) is 43.4. The summed E-state index contributed by atoms with van der Waals surface area (Å²) in [6, 6.07) is 76.6. The Labute approximate surface area is 376 Å². The molecular weight excluding hydrogens is 775 g/mol. The second-order valence-electron chi connectivity index (χ2n) is 19.3. The molecule has 308 valence electrons. The summed E-state index contributed by atoms with van der Waals surface area (Å²) in [5.41, 5.74) is 21.2. The van der Waals surface area contributed by atoms with Crippen molar-refractivity contribution in [3.63, 3.8) is 0 Å². The van der Waals surface area contributed by atoms with Crippen molar-refractivity contribution in [3.8, 4) is 33.4 Å². The van der Waals surface area contributed by atoms with Crippen molar-refractivity contribution in [2.24, 2.45) is 0 Å². The summed E-state index contributed by atoms with van der Waals surface area (Å²) in [5, 5.41) is 2.21. The fraction of sp³-hybridized carbons (Fsp3) is 0.129. The number of benzene rings is 9. The highest BCUT2D eigenvalue weighted by molar-refractivity contribution is 6.07. The topological polar surface area (TPSA) is 16.4 Å². The lowest BCUT2D eigenvalue weighted by Gasteiger charge is -2.35. The first-order valence-corrected chi connectivity index (χ1v) is 22.6. The van der Waals surface area contributed by atoms with Gasteiger partial charge in [-0.15, -0.1) is 0 Å². The molecule has 9 aromatic carbocycles. The summed E-state index contributed by atoms with van der Waals surface area (Å²) in [7, 11) is 0. The molecule has 12 rings (SSSR count). The Morgan fingerprint density at radius 1 is 0.406 bits per heavy atom. The number of fused-ring (bicyclic) bond motifs is 9. The van der Waals surface area contributed by atoms with E-state index in [1.807, 2.05) is 6.07 Å². The van der Waals surface area contributed by atoms with Gasteiger partial charge in [-0.1, -0.05) is 198 Å². The molecule has 2 aliphatic rings. The van der Waals surface area contributed by atoms with Crippen molar-refractivity contribution in [1.29, 1.82) is 0 Å². The van der Waals surface area contributed by atoms with Gasteiger partial charge in [-0.25, -0.2) is 0 Å². The normalized spacial score (nSPS) is 14.3. The van der Waals surface area contributed by atoms with Gasteiger partial charge in [0.1, 0.15) is 11.2 Å². The van der Waals surface area contributed by atoms with Crippen molar-refractivity contribution in [1.82, 2.24) is 0 Å². The van der Waals surface area contributed by atoms with Gasteiger partial charge in [0.05, 0.1) is 11.1 Å². The van der Waals surface area contributed by atoms with Crippen LogP contribution in [-0.4, -0.2) is 0 Å². The van der Waals surface area contributed by atoms with Gasteiger partial charge in [-0.3, -0.25) is 0 Å². The average molecular weight is 824 g/mol. The molecule has 2 aliphatic carbocycles. The quantitative estimate of drug-likeness (QED) is 0.166. The van der Waals surface area contributed by atoms with Crippen molar-refractivity contribution in [2.45, 2.75) is 50.9 Å². The highest BCUT2D eigenvalue weighted by Crippen LogP contribution is 2.59. The first-order valence-electron chi connectivity index (χ1n) is 22.6. The van der Waals surface area contributed by atoms with Crippen LogP contribution in [0, 0.1) is 0 Å². The molecule has 2 nitrogen and oxygen atoms in total. The largest absolute Gasteiger partial charge is 0.456 e. The van der Waals surface area contributed by atoms with Gasteiger partial charge in [0.2, 0.25) is 0 Å². The second-order valence-corrected chi connectivity index (χ2v) is 19.3. The third-order valence-corrected chi connectivity index (χ3v) is 14.3. The predicted octanol–water partition coefficient (Wildman–Crippen LogP) is 16.7. The molecule has 0 unspecified atom stereocenters. The van der Waals surface area contributed by atoms with Crippen LogP contribution in [0.2, 0.25) is 0 Å². The van der Waals surface area contributed by atoms with E-state index in [0.717, 1.165) is 39.0 Å². The molecule has 64 heavy (non-hydrogen) atoms. The van der Waals surface area contributed by atoms with Crippen LogP contribution in [0.3, 0.4) is 0 Å². The van der Waals surface area contributed by atoms with Crippen LogP contribution in [0.25, 0.3) is 55.3 Å². The standard InChI is InChI=1S/C62H49NO/c1-60(2,3)42-31-34-50-54(37-42)61(4,5)53-28-18-26-49(59(50)53)47-24-13-16-29-56(47)63(43-33-36-58-51(38-43)48-25-14-17-30-57(48)64-58)44-32-35-46-45-23-12-15-27-52(45)62(55(46)39-44,40-19-8-6-9-20-40)41-21-10-7-11-22-41/h6-39H,1-5H3. The van der Waals surface area contributed by atoms with E-state index in [4.69, 9.17) is 4.42 Å². The number of rotatable bonds is 6. The van der Waals surface area contributed by atoms with Crippen molar-refractivity contribution < 1.29 is 4.42 Å². The predicted molar refractivity (Wildman–Crippen MR) is 267 cm³/mol. The third-order valence-electron chi connectivity index (χ3n) is 14.3. The average Bonchev–Trinajstić information content (AvgIpc) is 3.93. The molecule has 10 aromatic rings. The zero-order valence-electron chi connectivity index (χ0n) is 37.0. The Bertz CT molecular complexity index is 3420. The van der Waals surface area contributed by atoms with Crippen LogP contribution >= 0.6 is 0 Å². The molecule has 0 spiro atoms. The van der Waals surface area contributed by atoms with Crippen LogP contribution < -0.4 is 4.90 Å². The first-order chi connectivity index (χ1) is 31.1. The van der Waals surface area contributed by atoms with Gasteiger partial charge >= 0.3 is 0 Å². The minimum atomic E-state index is -0.540. The number of hydrogen-bond acceptors (Lipinski definition) is 2. The lowest BCUT2D eigenvalue weighted by atomic mass is 9.67. The molecule has 0 radical (unpaired) electrons. The number of nitrogens with zero attached hydrogens (tertiary/aromatic N) is 1. The maximum Gasteiger partial charge on any atom is 0.135 e. The summed E-state index contributed by atoms with van der Waals surface area (Å²) in [6.07, 6.45) is 0. The van der Waals surface area contributed by atoms with Crippen LogP contribution in [0.15, 0.2) is 211 Å². The Kier molecular flexibility index (Phi) is 8.40. The fourth-order valence-corrected chi connectivity index (χ4v) is 11.2. The van der Waals surface area contributed by atoms with E-state index in [-0.39, 0.29) is 10.8 Å². The first kappa shape index (κ1) is 38.3. The van der Waals surface area contributed by atoms with Crippen molar-refractivity contribution >= 4 is 39.0 Å². The van der Waals surface area contributed by atoms with Gasteiger partial charge < -0.3 is 9.32 Å². The highest BCUT2D eigenvalue weighted by Gasteiger charge is 2.46. The molecule has 0 saturated heterocycles. The molecule has 1 heterocycles. The van der Waals surface area contributed by atoms with E-state index in [2.05, 4.69) is 240 Å². The van der Waals surface area contributed by atoms with E-state index in [1.54, 1.807) is 0 Å². The smallest absolute Gasteiger partial charge is 0.135 e. The zero-order valence-corrected chi connectivity index (χ0v) is 37.0. The van der Waals surface area contributed by atoms with E-state index in [1.165, 1.54) is 72.3 Å². The maximum atomic E-state index is 6.43. The van der Waals surface area contributed by atoms with Gasteiger partial charge in [-0.05, 0) is 115 Å². The molecule has 0 amide bonds. The summed E-state index contributed by atoms with van der Waals surface area (Å²) in [6.45, 7) is 11.7. The Hall–Kier alpha value is -7.42. The SMILES string of the molecule is CC(C)(C)c1ccc2c(c1)C(C)(C)c1cccc(-c3ccccc3N(c3ccc4c(c3)C(c3ccccc3)(c3ccccc3)c3ccccc3-4)c3ccc4oc5ccccc5c4c3)c1-2. The van der Waals surface area contributed by atoms with E-state index in [9.17, 15) is 0 Å². The number of anilines is 3. The monoisotopic (exact) mass is 823 g/mol. The van der Waals surface area contributed by atoms with Gasteiger partial charge in [0, 0.05) is 33.1 Å². The van der Waals surface area contributed by atoms with Crippen LogP contribution in [-0.2, 0) is 16.2 Å². The van der Waals surface area contributed by atoms with Gasteiger partial charge in [0.25, 0.3) is 0 Å². The van der Waals surface area contributed by atoms with E-state index >= 15 is 0 Å². The fourth-order valence-electron chi connectivity index (χ4n) is 11.2. The highest BCUT2D eigenvalue weighted by atomic mass is 16.3. The Morgan fingerprint density at radius 2 is 0.984 bits per heavy atom. The maximum absolute atomic E-state index is 6.43.